The van der Waals surface area contributed by atoms with Crippen LogP contribution in [0.3, 0.4) is 0 Å². The van der Waals surface area contributed by atoms with Crippen LogP contribution in [0, 0.1) is 22.9 Å². The van der Waals surface area contributed by atoms with Crippen LogP contribution in [0.5, 0.6) is 0 Å². The first-order chi connectivity index (χ1) is 10.4. The van der Waals surface area contributed by atoms with E-state index in [4.69, 9.17) is 0 Å². The third-order valence-electron chi connectivity index (χ3n) is 3.00. The van der Waals surface area contributed by atoms with Crippen molar-refractivity contribution >= 4 is 17.4 Å². The molecule has 2 N–H and O–H groups in total. The van der Waals surface area contributed by atoms with E-state index < -0.39 is 28.2 Å². The van der Waals surface area contributed by atoms with E-state index in [1.165, 1.54) is 19.1 Å². The molecule has 0 saturated heterocycles. The first-order valence-corrected chi connectivity index (χ1v) is 6.16. The molecule has 0 bridgehead atoms. The Hall–Kier alpha value is -3.10. The molecule has 1 heterocycles. The molecule has 8 nitrogen and oxygen atoms in total. The van der Waals surface area contributed by atoms with Gasteiger partial charge in [-0.3, -0.25) is 19.9 Å². The fourth-order valence-electron chi connectivity index (χ4n) is 1.89. The lowest BCUT2D eigenvalue weighted by Gasteiger charge is -2.08. The average Bonchev–Trinajstić information content (AvgIpc) is 2.45. The van der Waals surface area contributed by atoms with E-state index in [1.807, 2.05) is 0 Å². The molecule has 0 fully saturated rings. The van der Waals surface area contributed by atoms with E-state index in [0.717, 1.165) is 0 Å². The fourth-order valence-corrected chi connectivity index (χ4v) is 1.89. The third-order valence-corrected chi connectivity index (χ3v) is 3.00. The van der Waals surface area contributed by atoms with E-state index in [9.17, 15) is 24.1 Å². The second-order valence-corrected chi connectivity index (χ2v) is 4.45. The van der Waals surface area contributed by atoms with Gasteiger partial charge in [0, 0.05) is 11.6 Å². The molecule has 2 rings (SSSR count). The van der Waals surface area contributed by atoms with Crippen LogP contribution in [0.1, 0.15) is 11.1 Å². The van der Waals surface area contributed by atoms with Crippen molar-refractivity contribution in [2.24, 2.45) is 0 Å². The first-order valence-electron chi connectivity index (χ1n) is 6.16. The van der Waals surface area contributed by atoms with E-state index in [2.05, 4.69) is 15.3 Å². The minimum Gasteiger partial charge on any atom is -0.309 e. The summed E-state index contributed by atoms with van der Waals surface area (Å²) >= 11 is 0. The highest BCUT2D eigenvalue weighted by atomic mass is 19.1. The molecule has 1 aromatic heterocycles. The van der Waals surface area contributed by atoms with E-state index in [0.29, 0.717) is 17.3 Å². The van der Waals surface area contributed by atoms with Gasteiger partial charge in [-0.25, -0.2) is 9.18 Å². The molecule has 0 spiro atoms. The van der Waals surface area contributed by atoms with Gasteiger partial charge in [0.1, 0.15) is 0 Å². The van der Waals surface area contributed by atoms with Crippen LogP contribution < -0.4 is 11.0 Å². The van der Waals surface area contributed by atoms with Gasteiger partial charge in [0.25, 0.3) is 5.69 Å². The number of aromatic nitrogens is 2. The second-order valence-electron chi connectivity index (χ2n) is 4.45. The third kappa shape index (κ3) is 3.32. The summed E-state index contributed by atoms with van der Waals surface area (Å²) in [4.78, 5) is 38.4. The number of nitrogens with one attached hydrogen (secondary N) is 2. The van der Waals surface area contributed by atoms with Crippen molar-refractivity contribution in [3.05, 3.63) is 61.9 Å². The second kappa shape index (κ2) is 6.12. The summed E-state index contributed by atoms with van der Waals surface area (Å²) in [6.45, 7) is 1.52. The molecule has 114 valence electrons. The summed E-state index contributed by atoms with van der Waals surface area (Å²) in [7, 11) is 0. The predicted molar refractivity (Wildman–Crippen MR) is 75.0 cm³/mol. The number of benzene rings is 1. The molecule has 22 heavy (non-hydrogen) atoms. The van der Waals surface area contributed by atoms with Gasteiger partial charge in [-0.2, -0.15) is 4.98 Å². The highest BCUT2D eigenvalue weighted by Gasteiger charge is 2.16. The Labute approximate surface area is 123 Å². The minimum absolute atomic E-state index is 0.103. The number of halogens is 1. The van der Waals surface area contributed by atoms with Gasteiger partial charge in [-0.15, -0.1) is 0 Å². The number of carbonyl (C=O) groups is 1. The van der Waals surface area contributed by atoms with Gasteiger partial charge < -0.3 is 5.32 Å². The smallest absolute Gasteiger partial charge is 0.309 e. The maximum atomic E-state index is 13.4. The molecular formula is C13H11FN4O4. The molecule has 0 saturated carbocycles. The molecule has 0 unspecified atom stereocenters. The van der Waals surface area contributed by atoms with Crippen molar-refractivity contribution in [1.82, 2.24) is 9.97 Å². The summed E-state index contributed by atoms with van der Waals surface area (Å²) < 4.78 is 13.4. The van der Waals surface area contributed by atoms with Crippen LogP contribution in [-0.4, -0.2) is 20.8 Å². The largest absolute Gasteiger partial charge is 0.346 e. The molecular weight excluding hydrogens is 295 g/mol. The van der Waals surface area contributed by atoms with Gasteiger partial charge in [0.15, 0.2) is 11.6 Å². The Balaban J connectivity index is 2.19. The number of nitro benzene ring substituents is 1. The molecule has 1 amide bonds. The van der Waals surface area contributed by atoms with Crippen molar-refractivity contribution in [1.29, 1.82) is 0 Å². The number of H-pyrrole nitrogens is 1. The standard InChI is InChI=1S/C13H11FN4O4/c1-7-8(3-2-4-10(7)18(21)22)5-11(19)16-12-9(14)6-15-13(20)17-12/h2-4,6H,5H2,1H3,(H2,15,16,17,19,20). The lowest BCUT2D eigenvalue weighted by molar-refractivity contribution is -0.385. The number of anilines is 1. The highest BCUT2D eigenvalue weighted by Crippen LogP contribution is 2.21. The lowest BCUT2D eigenvalue weighted by atomic mass is 10.0. The van der Waals surface area contributed by atoms with Crippen molar-refractivity contribution in [3.8, 4) is 0 Å². The number of nitro groups is 1. The predicted octanol–water partition coefficient (Wildman–Crippen LogP) is 1.31. The summed E-state index contributed by atoms with van der Waals surface area (Å²) in [5, 5.41) is 13.0. The minimum atomic E-state index is -0.885. The normalized spacial score (nSPS) is 10.3. The van der Waals surface area contributed by atoms with Gasteiger partial charge in [-0.05, 0) is 12.5 Å². The topological polar surface area (TPSA) is 118 Å². The lowest BCUT2D eigenvalue weighted by Crippen LogP contribution is -2.21. The van der Waals surface area contributed by atoms with Crippen molar-refractivity contribution in [2.75, 3.05) is 5.32 Å². The molecule has 0 aliphatic carbocycles. The molecule has 0 aliphatic heterocycles. The van der Waals surface area contributed by atoms with Crippen LogP contribution >= 0.6 is 0 Å². The number of nitrogens with zero attached hydrogens (tertiary/aromatic N) is 2. The Morgan fingerprint density at radius 1 is 1.50 bits per heavy atom. The van der Waals surface area contributed by atoms with Crippen molar-refractivity contribution in [2.45, 2.75) is 13.3 Å². The highest BCUT2D eigenvalue weighted by molar-refractivity contribution is 5.91. The molecule has 0 atom stereocenters. The Morgan fingerprint density at radius 2 is 2.23 bits per heavy atom. The van der Waals surface area contributed by atoms with Crippen LogP contribution in [0.2, 0.25) is 0 Å². The summed E-state index contributed by atoms with van der Waals surface area (Å²) in [5.41, 5.74) is -0.119. The van der Waals surface area contributed by atoms with Crippen LogP contribution in [0.4, 0.5) is 15.9 Å². The number of amides is 1. The monoisotopic (exact) mass is 306 g/mol. The summed E-state index contributed by atoms with van der Waals surface area (Å²) in [6, 6.07) is 4.35. The zero-order chi connectivity index (χ0) is 16.3. The maximum absolute atomic E-state index is 13.4. The van der Waals surface area contributed by atoms with Gasteiger partial charge in [0.2, 0.25) is 5.91 Å². The fraction of sp³-hybridized carbons (Fsp3) is 0.154. The number of hydrogen-bond acceptors (Lipinski definition) is 5. The number of rotatable bonds is 4. The SMILES string of the molecule is Cc1c(CC(=O)Nc2[nH]c(=O)ncc2F)cccc1[N+](=O)[O-]. The zero-order valence-corrected chi connectivity index (χ0v) is 11.4. The average molecular weight is 306 g/mol. The van der Waals surface area contributed by atoms with E-state index in [-0.39, 0.29) is 12.1 Å². The van der Waals surface area contributed by atoms with Gasteiger partial charge in [0.05, 0.1) is 17.5 Å². The van der Waals surface area contributed by atoms with Crippen LogP contribution in [0.15, 0.2) is 29.2 Å². The zero-order valence-electron chi connectivity index (χ0n) is 11.4. The first kappa shape index (κ1) is 15.3. The summed E-state index contributed by atoms with van der Waals surface area (Å²) in [5.74, 6) is -1.90. The van der Waals surface area contributed by atoms with E-state index >= 15 is 0 Å². The molecule has 1 aromatic carbocycles. The Morgan fingerprint density at radius 3 is 2.91 bits per heavy atom. The Bertz CT molecular complexity index is 803. The summed E-state index contributed by atoms with van der Waals surface area (Å²) in [6.07, 6.45) is 0.490. The number of carbonyl (C=O) groups excluding carboxylic acids is 1. The van der Waals surface area contributed by atoms with Crippen molar-refractivity contribution < 1.29 is 14.1 Å². The Kier molecular flexibility index (Phi) is 4.25. The molecule has 0 aliphatic rings. The van der Waals surface area contributed by atoms with E-state index in [1.54, 1.807) is 6.07 Å². The quantitative estimate of drug-likeness (QED) is 0.652. The van der Waals surface area contributed by atoms with Crippen LogP contribution in [0.25, 0.3) is 0 Å². The number of aromatic amines is 1. The number of hydrogen-bond donors (Lipinski definition) is 2. The van der Waals surface area contributed by atoms with Gasteiger partial charge in [-0.1, -0.05) is 12.1 Å². The van der Waals surface area contributed by atoms with Gasteiger partial charge >= 0.3 is 5.69 Å². The molecule has 2 aromatic rings. The molecule has 0 radical (unpaired) electrons. The van der Waals surface area contributed by atoms with Crippen LogP contribution in [-0.2, 0) is 11.2 Å². The maximum Gasteiger partial charge on any atom is 0.346 e. The van der Waals surface area contributed by atoms with Crippen molar-refractivity contribution in [3.63, 3.8) is 0 Å². The molecule has 9 heteroatoms.